The monoisotopic (exact) mass is 568 g/mol. The van der Waals surface area contributed by atoms with Gasteiger partial charge < -0.3 is 14.6 Å². The standard InChI is InChI=1S/C24H23F3N4O5S2/c1-38(34,35)31(36-22(33)24(25,26)27)20(32)16-19-21(17-8-4-2-5-9-17)28-23(37-19)30-14-12-29(13-15-30)18-10-6-3-7-11-18/h2-11H,12-16H2,1H3. The van der Waals surface area contributed by atoms with Crippen LogP contribution in [-0.4, -0.2) is 68.4 Å². The molecule has 0 N–H and O–H groups in total. The molecule has 202 valence electrons. The third-order valence-electron chi connectivity index (χ3n) is 5.62. The van der Waals surface area contributed by atoms with Crippen molar-refractivity contribution in [1.82, 2.24) is 9.45 Å². The number of nitrogens with zero attached hydrogens (tertiary/aromatic N) is 4. The van der Waals surface area contributed by atoms with Gasteiger partial charge in [-0.25, -0.2) is 18.2 Å². The van der Waals surface area contributed by atoms with Gasteiger partial charge in [0.25, 0.3) is 15.9 Å². The Kier molecular flexibility index (Phi) is 7.92. The highest BCUT2D eigenvalue weighted by Gasteiger charge is 2.45. The molecule has 1 aliphatic rings. The lowest BCUT2D eigenvalue weighted by molar-refractivity contribution is -0.222. The van der Waals surface area contributed by atoms with Gasteiger partial charge in [-0.15, -0.1) is 11.3 Å². The highest BCUT2D eigenvalue weighted by molar-refractivity contribution is 7.88. The molecule has 9 nitrogen and oxygen atoms in total. The van der Waals surface area contributed by atoms with Crippen LogP contribution in [0.2, 0.25) is 0 Å². The van der Waals surface area contributed by atoms with Crippen molar-refractivity contribution in [3.63, 3.8) is 0 Å². The summed E-state index contributed by atoms with van der Waals surface area (Å²) in [5.74, 6) is -4.17. The second-order valence-corrected chi connectivity index (χ2v) is 11.2. The first-order chi connectivity index (χ1) is 17.9. The lowest BCUT2D eigenvalue weighted by Gasteiger charge is -2.36. The Labute approximate surface area is 221 Å². The summed E-state index contributed by atoms with van der Waals surface area (Å²) in [6.45, 7) is 2.69. The maximum Gasteiger partial charge on any atom is 0.493 e. The number of carbonyl (C=O) groups excluding carboxylic acids is 2. The number of benzene rings is 2. The van der Waals surface area contributed by atoms with E-state index >= 15 is 0 Å². The highest BCUT2D eigenvalue weighted by atomic mass is 32.2. The maximum absolute atomic E-state index is 12.9. The Bertz CT molecular complexity index is 1390. The Hall–Kier alpha value is -3.65. The maximum atomic E-state index is 12.9. The number of alkyl halides is 3. The van der Waals surface area contributed by atoms with Crippen LogP contribution in [0.4, 0.5) is 24.0 Å². The molecule has 0 atom stereocenters. The van der Waals surface area contributed by atoms with Crippen LogP contribution in [0.5, 0.6) is 0 Å². The van der Waals surface area contributed by atoms with Gasteiger partial charge >= 0.3 is 12.1 Å². The molecule has 0 spiro atoms. The van der Waals surface area contributed by atoms with Gasteiger partial charge in [-0.3, -0.25) is 4.79 Å². The van der Waals surface area contributed by atoms with Crippen molar-refractivity contribution in [1.29, 1.82) is 0 Å². The first-order valence-electron chi connectivity index (χ1n) is 11.4. The topological polar surface area (TPSA) is 100 Å². The minimum atomic E-state index is -5.49. The van der Waals surface area contributed by atoms with E-state index in [-0.39, 0.29) is 0 Å². The molecule has 1 aliphatic heterocycles. The molecule has 1 aromatic heterocycles. The molecule has 2 heterocycles. The average molecular weight is 569 g/mol. The van der Waals surface area contributed by atoms with E-state index in [0.29, 0.717) is 53.7 Å². The van der Waals surface area contributed by atoms with Gasteiger partial charge in [0, 0.05) is 42.3 Å². The van der Waals surface area contributed by atoms with Crippen molar-refractivity contribution < 1.29 is 36.0 Å². The fourth-order valence-corrected chi connectivity index (χ4v) is 5.61. The molecule has 2 aromatic carbocycles. The summed E-state index contributed by atoms with van der Waals surface area (Å²) in [5, 5.41) is 0.581. The van der Waals surface area contributed by atoms with Crippen molar-refractivity contribution in [2.75, 3.05) is 42.2 Å². The van der Waals surface area contributed by atoms with Gasteiger partial charge in [0.2, 0.25) is 0 Å². The highest BCUT2D eigenvalue weighted by Crippen LogP contribution is 2.35. The Morgan fingerprint density at radius 1 is 0.974 bits per heavy atom. The summed E-state index contributed by atoms with van der Waals surface area (Å²) in [4.78, 5) is 37.3. The van der Waals surface area contributed by atoms with Crippen molar-refractivity contribution >= 4 is 44.1 Å². The number of thiazole rings is 1. The van der Waals surface area contributed by atoms with E-state index in [1.54, 1.807) is 30.3 Å². The van der Waals surface area contributed by atoms with E-state index < -0.39 is 39.0 Å². The minimum Gasteiger partial charge on any atom is -0.368 e. The lowest BCUT2D eigenvalue weighted by atomic mass is 10.1. The number of piperazine rings is 1. The van der Waals surface area contributed by atoms with Crippen LogP contribution in [-0.2, 0) is 30.9 Å². The van der Waals surface area contributed by atoms with Crippen LogP contribution >= 0.6 is 11.3 Å². The SMILES string of the molecule is CS(=O)(=O)N(OC(=O)C(F)(F)F)C(=O)Cc1sc(N2CCN(c3ccccc3)CC2)nc1-c1ccccc1. The van der Waals surface area contributed by atoms with E-state index in [0.717, 1.165) is 17.0 Å². The van der Waals surface area contributed by atoms with E-state index in [2.05, 4.69) is 9.74 Å². The van der Waals surface area contributed by atoms with Crippen LogP contribution < -0.4 is 9.80 Å². The Balaban J connectivity index is 1.59. The Morgan fingerprint density at radius 3 is 2.08 bits per heavy atom. The van der Waals surface area contributed by atoms with Crippen LogP contribution in [0, 0.1) is 0 Å². The molecule has 0 aliphatic carbocycles. The first kappa shape index (κ1) is 27.4. The second kappa shape index (κ2) is 11.0. The molecule has 1 saturated heterocycles. The molecule has 1 fully saturated rings. The van der Waals surface area contributed by atoms with Crippen molar-refractivity contribution in [2.24, 2.45) is 0 Å². The molecule has 0 radical (unpaired) electrons. The number of carbonyl (C=O) groups is 2. The quantitative estimate of drug-likeness (QED) is 0.417. The summed E-state index contributed by atoms with van der Waals surface area (Å²) in [6, 6.07) is 18.7. The fraction of sp³-hybridized carbons (Fsp3) is 0.292. The van der Waals surface area contributed by atoms with E-state index in [4.69, 9.17) is 4.98 Å². The van der Waals surface area contributed by atoms with Gasteiger partial charge in [0.1, 0.15) is 0 Å². The third kappa shape index (κ3) is 6.42. The fourth-order valence-electron chi connectivity index (χ4n) is 3.84. The molecular weight excluding hydrogens is 545 g/mol. The molecule has 38 heavy (non-hydrogen) atoms. The molecule has 3 aromatic rings. The molecule has 1 amide bonds. The normalized spacial score (nSPS) is 14.3. The zero-order valence-electron chi connectivity index (χ0n) is 20.1. The molecule has 4 rings (SSSR count). The number of amides is 1. The summed E-state index contributed by atoms with van der Waals surface area (Å²) >= 11 is 1.13. The zero-order valence-corrected chi connectivity index (χ0v) is 21.7. The first-order valence-corrected chi connectivity index (χ1v) is 14.0. The van der Waals surface area contributed by atoms with E-state index in [1.807, 2.05) is 35.2 Å². The van der Waals surface area contributed by atoms with Crippen LogP contribution in [0.25, 0.3) is 11.3 Å². The van der Waals surface area contributed by atoms with Gasteiger partial charge in [-0.05, 0) is 12.1 Å². The number of aromatic nitrogens is 1. The van der Waals surface area contributed by atoms with Crippen molar-refractivity contribution in [3.05, 3.63) is 65.5 Å². The van der Waals surface area contributed by atoms with Gasteiger partial charge in [0.15, 0.2) is 5.13 Å². The molecular formula is C24H23F3N4O5S2. The predicted octanol–water partition coefficient (Wildman–Crippen LogP) is 3.49. The third-order valence-corrected chi connectivity index (χ3v) is 7.62. The molecule has 0 bridgehead atoms. The van der Waals surface area contributed by atoms with Gasteiger partial charge in [-0.2, -0.15) is 13.2 Å². The van der Waals surface area contributed by atoms with Crippen LogP contribution in [0.3, 0.4) is 0 Å². The lowest BCUT2D eigenvalue weighted by Crippen LogP contribution is -2.46. The number of anilines is 2. The summed E-state index contributed by atoms with van der Waals surface area (Å²) in [5.41, 5.74) is 2.12. The average Bonchev–Trinajstić information content (AvgIpc) is 3.30. The van der Waals surface area contributed by atoms with Crippen molar-refractivity contribution in [3.8, 4) is 11.3 Å². The molecule has 0 unspecified atom stereocenters. The number of hydrogen-bond acceptors (Lipinski definition) is 9. The predicted molar refractivity (Wildman–Crippen MR) is 136 cm³/mol. The number of hydrogen-bond donors (Lipinski definition) is 0. The number of rotatable bonds is 6. The minimum absolute atomic E-state index is 0.318. The zero-order chi connectivity index (χ0) is 27.5. The number of halogens is 3. The smallest absolute Gasteiger partial charge is 0.368 e. The summed E-state index contributed by atoms with van der Waals surface area (Å²) < 4.78 is 61.6. The van der Waals surface area contributed by atoms with E-state index in [1.165, 1.54) is 0 Å². The van der Waals surface area contributed by atoms with Crippen LogP contribution in [0.15, 0.2) is 60.7 Å². The number of sulfonamides is 1. The van der Waals surface area contributed by atoms with Gasteiger partial charge in [0.05, 0.1) is 18.4 Å². The Morgan fingerprint density at radius 2 is 1.53 bits per heavy atom. The molecule has 0 saturated carbocycles. The number of para-hydroxylation sites is 1. The van der Waals surface area contributed by atoms with Gasteiger partial charge in [-0.1, -0.05) is 53.0 Å². The summed E-state index contributed by atoms with van der Waals surface area (Å²) in [6.07, 6.45) is -5.67. The van der Waals surface area contributed by atoms with Crippen LogP contribution in [0.1, 0.15) is 4.88 Å². The summed E-state index contributed by atoms with van der Waals surface area (Å²) in [7, 11) is -4.65. The van der Waals surface area contributed by atoms with Crippen molar-refractivity contribution in [2.45, 2.75) is 12.6 Å². The largest absolute Gasteiger partial charge is 0.493 e. The van der Waals surface area contributed by atoms with E-state index in [9.17, 15) is 31.2 Å². The number of hydroxylamine groups is 1. The second-order valence-electron chi connectivity index (χ2n) is 8.38. The molecule has 14 heteroatoms.